The van der Waals surface area contributed by atoms with Gasteiger partial charge >= 0.3 is 11.9 Å². The van der Waals surface area contributed by atoms with Crippen molar-refractivity contribution in [1.82, 2.24) is 4.98 Å². The van der Waals surface area contributed by atoms with E-state index in [0.29, 0.717) is 5.56 Å². The first-order valence-electron chi connectivity index (χ1n) is 4.16. The van der Waals surface area contributed by atoms with Gasteiger partial charge in [0.15, 0.2) is 0 Å². The molecule has 76 valence electrons. The molecule has 0 unspecified atom stereocenters. The minimum Gasteiger partial charge on any atom is -0.477 e. The lowest BCUT2D eigenvalue weighted by molar-refractivity contribution is 0.0526. The quantitative estimate of drug-likeness (QED) is 0.713. The number of esters is 1. The highest BCUT2D eigenvalue weighted by Gasteiger charge is 2.18. The number of H-pyrrole nitrogens is 1. The van der Waals surface area contributed by atoms with E-state index in [-0.39, 0.29) is 17.9 Å². The fourth-order valence-electron chi connectivity index (χ4n) is 1.14. The number of nitrogens with one attached hydrogen (secondary N) is 1. The van der Waals surface area contributed by atoms with Crippen LogP contribution < -0.4 is 0 Å². The van der Waals surface area contributed by atoms with E-state index in [1.165, 1.54) is 6.20 Å². The molecule has 1 aromatic rings. The van der Waals surface area contributed by atoms with Gasteiger partial charge in [-0.25, -0.2) is 9.59 Å². The third kappa shape index (κ3) is 1.76. The molecular weight excluding hydrogens is 186 g/mol. The van der Waals surface area contributed by atoms with Crippen LogP contribution in [0.25, 0.3) is 0 Å². The van der Waals surface area contributed by atoms with Gasteiger partial charge in [-0.3, -0.25) is 0 Å². The van der Waals surface area contributed by atoms with Gasteiger partial charge in [0, 0.05) is 6.20 Å². The Morgan fingerprint density at radius 2 is 2.21 bits per heavy atom. The minimum atomic E-state index is -1.09. The summed E-state index contributed by atoms with van der Waals surface area (Å²) >= 11 is 0. The maximum absolute atomic E-state index is 11.3. The van der Waals surface area contributed by atoms with Gasteiger partial charge in [0.05, 0.1) is 12.2 Å². The molecule has 0 bridgehead atoms. The van der Waals surface area contributed by atoms with Crippen LogP contribution >= 0.6 is 0 Å². The zero-order valence-corrected chi connectivity index (χ0v) is 7.96. The Balaban J connectivity index is 3.00. The van der Waals surface area contributed by atoms with Gasteiger partial charge in [-0.15, -0.1) is 0 Å². The van der Waals surface area contributed by atoms with E-state index in [2.05, 4.69) is 4.98 Å². The van der Waals surface area contributed by atoms with Crippen LogP contribution in [0.4, 0.5) is 0 Å². The van der Waals surface area contributed by atoms with E-state index in [9.17, 15) is 9.59 Å². The molecule has 5 nitrogen and oxygen atoms in total. The van der Waals surface area contributed by atoms with E-state index < -0.39 is 11.9 Å². The molecule has 5 heteroatoms. The topological polar surface area (TPSA) is 79.4 Å². The van der Waals surface area contributed by atoms with Crippen molar-refractivity contribution in [2.75, 3.05) is 6.61 Å². The Morgan fingerprint density at radius 1 is 1.57 bits per heavy atom. The van der Waals surface area contributed by atoms with Gasteiger partial charge in [-0.05, 0) is 19.4 Å². The number of hydrogen-bond donors (Lipinski definition) is 2. The summed E-state index contributed by atoms with van der Waals surface area (Å²) in [6, 6.07) is 0. The first-order chi connectivity index (χ1) is 6.57. The molecule has 0 aliphatic rings. The molecule has 1 heterocycles. The maximum atomic E-state index is 11.3. The number of carboxylic acids is 1. The predicted octanol–water partition coefficient (Wildman–Crippen LogP) is 1.20. The summed E-state index contributed by atoms with van der Waals surface area (Å²) in [5.41, 5.74) is 0.688. The van der Waals surface area contributed by atoms with Gasteiger partial charge in [0.25, 0.3) is 0 Å². The SMILES string of the molecule is CCOC(=O)c1c[nH]c(C(=O)O)c1C. The van der Waals surface area contributed by atoms with Crippen molar-refractivity contribution in [1.29, 1.82) is 0 Å². The van der Waals surface area contributed by atoms with Gasteiger partial charge in [0.1, 0.15) is 5.69 Å². The summed E-state index contributed by atoms with van der Waals surface area (Å²) in [5, 5.41) is 8.71. The molecule has 0 fully saturated rings. The Kier molecular flexibility index (Phi) is 2.91. The lowest BCUT2D eigenvalue weighted by atomic mass is 10.2. The molecule has 0 saturated heterocycles. The van der Waals surface area contributed by atoms with Gasteiger partial charge < -0.3 is 14.8 Å². The lowest BCUT2D eigenvalue weighted by Crippen LogP contribution is -2.06. The standard InChI is InChI=1S/C9H11NO4/c1-3-14-9(13)6-4-10-7(5(6)2)8(11)12/h4,10H,3H2,1-2H3,(H,11,12). The number of carbonyl (C=O) groups excluding carboxylic acids is 1. The highest BCUT2D eigenvalue weighted by atomic mass is 16.5. The van der Waals surface area contributed by atoms with Crippen LogP contribution in [0, 0.1) is 6.92 Å². The third-order valence-electron chi connectivity index (χ3n) is 1.85. The van der Waals surface area contributed by atoms with E-state index >= 15 is 0 Å². The molecule has 14 heavy (non-hydrogen) atoms. The number of aromatic amines is 1. The molecule has 0 spiro atoms. The Hall–Kier alpha value is -1.78. The highest BCUT2D eigenvalue weighted by molar-refractivity contribution is 5.96. The summed E-state index contributed by atoms with van der Waals surface area (Å²) < 4.78 is 4.75. The summed E-state index contributed by atoms with van der Waals surface area (Å²) in [7, 11) is 0. The zero-order chi connectivity index (χ0) is 10.7. The van der Waals surface area contributed by atoms with Crippen molar-refractivity contribution in [3.05, 3.63) is 23.0 Å². The number of carbonyl (C=O) groups is 2. The molecular formula is C9H11NO4. The van der Waals surface area contributed by atoms with Gasteiger partial charge in [0.2, 0.25) is 0 Å². The summed E-state index contributed by atoms with van der Waals surface area (Å²) in [6.45, 7) is 3.52. The first-order valence-corrected chi connectivity index (χ1v) is 4.16. The molecule has 1 rings (SSSR count). The minimum absolute atomic E-state index is 0.0213. The molecule has 0 saturated carbocycles. The van der Waals surface area contributed by atoms with E-state index in [4.69, 9.17) is 9.84 Å². The van der Waals surface area contributed by atoms with Crippen molar-refractivity contribution in [2.24, 2.45) is 0 Å². The van der Waals surface area contributed by atoms with Crippen molar-refractivity contribution in [2.45, 2.75) is 13.8 Å². The molecule has 0 aromatic carbocycles. The van der Waals surface area contributed by atoms with Crippen LogP contribution in [0.15, 0.2) is 6.20 Å². The molecule has 1 aromatic heterocycles. The third-order valence-corrected chi connectivity index (χ3v) is 1.85. The second-order valence-corrected chi connectivity index (χ2v) is 2.73. The maximum Gasteiger partial charge on any atom is 0.352 e. The van der Waals surface area contributed by atoms with Crippen LogP contribution in [-0.2, 0) is 4.74 Å². The molecule has 0 radical (unpaired) electrons. The lowest BCUT2D eigenvalue weighted by Gasteiger charge is -1.99. The number of carboxylic acid groups (broad SMARTS) is 1. The number of aromatic carboxylic acids is 1. The Bertz CT molecular complexity index is 367. The molecule has 0 aliphatic carbocycles. The predicted molar refractivity (Wildman–Crippen MR) is 48.4 cm³/mol. The summed E-state index contributed by atoms with van der Waals surface area (Å²) in [6.07, 6.45) is 1.34. The van der Waals surface area contributed by atoms with Crippen molar-refractivity contribution in [3.8, 4) is 0 Å². The van der Waals surface area contributed by atoms with E-state index in [0.717, 1.165) is 0 Å². The normalized spacial score (nSPS) is 9.86. The molecule has 0 atom stereocenters. The van der Waals surface area contributed by atoms with Crippen LogP contribution in [-0.4, -0.2) is 28.6 Å². The van der Waals surface area contributed by atoms with E-state index in [1.807, 2.05) is 0 Å². The van der Waals surface area contributed by atoms with Gasteiger partial charge in [-0.2, -0.15) is 0 Å². The van der Waals surface area contributed by atoms with Crippen LogP contribution in [0.1, 0.15) is 33.3 Å². The largest absolute Gasteiger partial charge is 0.477 e. The fraction of sp³-hybridized carbons (Fsp3) is 0.333. The Labute approximate surface area is 80.7 Å². The second-order valence-electron chi connectivity index (χ2n) is 2.73. The number of hydrogen-bond acceptors (Lipinski definition) is 3. The van der Waals surface area contributed by atoms with Gasteiger partial charge in [-0.1, -0.05) is 0 Å². The molecule has 0 amide bonds. The zero-order valence-electron chi connectivity index (χ0n) is 7.96. The molecule has 2 N–H and O–H groups in total. The Morgan fingerprint density at radius 3 is 2.64 bits per heavy atom. The summed E-state index contributed by atoms with van der Waals surface area (Å²) in [5.74, 6) is -1.59. The number of ether oxygens (including phenoxy) is 1. The van der Waals surface area contributed by atoms with E-state index in [1.54, 1.807) is 13.8 Å². The number of rotatable bonds is 3. The summed E-state index contributed by atoms with van der Waals surface area (Å²) in [4.78, 5) is 24.4. The van der Waals surface area contributed by atoms with Crippen LogP contribution in [0.2, 0.25) is 0 Å². The van der Waals surface area contributed by atoms with Crippen LogP contribution in [0.3, 0.4) is 0 Å². The average molecular weight is 197 g/mol. The first kappa shape index (κ1) is 10.3. The average Bonchev–Trinajstić information content (AvgIpc) is 2.47. The van der Waals surface area contributed by atoms with Crippen molar-refractivity contribution in [3.63, 3.8) is 0 Å². The number of aromatic nitrogens is 1. The second kappa shape index (κ2) is 3.95. The highest BCUT2D eigenvalue weighted by Crippen LogP contribution is 2.13. The van der Waals surface area contributed by atoms with Crippen LogP contribution in [0.5, 0.6) is 0 Å². The molecule has 0 aliphatic heterocycles. The van der Waals surface area contributed by atoms with Crippen molar-refractivity contribution < 1.29 is 19.4 Å². The van der Waals surface area contributed by atoms with Crippen molar-refractivity contribution >= 4 is 11.9 Å². The smallest absolute Gasteiger partial charge is 0.352 e. The monoisotopic (exact) mass is 197 g/mol. The fourth-order valence-corrected chi connectivity index (χ4v) is 1.14.